The molecule has 0 heterocycles. The normalized spacial score (nSPS) is 14.5. The van der Waals surface area contributed by atoms with Gasteiger partial charge in [0.2, 0.25) is 0 Å². The average Bonchev–Trinajstić information content (AvgIpc) is 3.19. The van der Waals surface area contributed by atoms with Gasteiger partial charge in [-0.3, -0.25) is 0 Å². The third kappa shape index (κ3) is 3.97. The van der Waals surface area contributed by atoms with E-state index in [9.17, 15) is 5.26 Å². The monoisotopic (exact) mass is 257 g/mol. The molecule has 0 unspecified atom stereocenters. The summed E-state index contributed by atoms with van der Waals surface area (Å²) in [6, 6.07) is 9.00. The van der Waals surface area contributed by atoms with E-state index in [0.717, 1.165) is 30.3 Å². The molecular weight excluding hydrogens is 234 g/mol. The summed E-state index contributed by atoms with van der Waals surface area (Å²) in [5, 5.41) is 12.7. The van der Waals surface area contributed by atoms with E-state index in [0.29, 0.717) is 6.04 Å². The summed E-state index contributed by atoms with van der Waals surface area (Å²) in [5.74, 6) is 0.832. The molecule has 0 radical (unpaired) electrons. The molecule has 1 fully saturated rings. The number of anilines is 1. The molecule has 0 bridgehead atoms. The Morgan fingerprint density at radius 3 is 2.74 bits per heavy atom. The van der Waals surface area contributed by atoms with Crippen LogP contribution in [-0.2, 0) is 6.54 Å². The standard InChI is InChI=1S/C16H23N3/c1-12(2)18-10-14-6-7-16(15(8-14)9-17)19(3)11-13-4-5-13/h6-8,12-13,18H,4-5,10-11H2,1-3H3. The van der Waals surface area contributed by atoms with Crippen LogP contribution >= 0.6 is 0 Å². The third-order valence-electron chi connectivity index (χ3n) is 3.54. The van der Waals surface area contributed by atoms with Crippen LogP contribution in [0.25, 0.3) is 0 Å². The van der Waals surface area contributed by atoms with E-state index in [-0.39, 0.29) is 0 Å². The van der Waals surface area contributed by atoms with Crippen molar-refractivity contribution in [3.8, 4) is 6.07 Å². The fraction of sp³-hybridized carbons (Fsp3) is 0.562. The molecular formula is C16H23N3. The van der Waals surface area contributed by atoms with Crippen molar-refractivity contribution in [3.63, 3.8) is 0 Å². The average molecular weight is 257 g/mol. The summed E-state index contributed by atoms with van der Waals surface area (Å²) in [7, 11) is 2.08. The van der Waals surface area contributed by atoms with Crippen molar-refractivity contribution in [2.45, 2.75) is 39.3 Å². The zero-order valence-corrected chi connectivity index (χ0v) is 12.1. The lowest BCUT2D eigenvalue weighted by Gasteiger charge is -2.21. The van der Waals surface area contributed by atoms with Crippen LogP contribution in [0.1, 0.15) is 37.8 Å². The lowest BCUT2D eigenvalue weighted by Crippen LogP contribution is -2.23. The molecule has 1 N–H and O–H groups in total. The highest BCUT2D eigenvalue weighted by Gasteiger charge is 2.23. The van der Waals surface area contributed by atoms with Gasteiger partial charge < -0.3 is 10.2 Å². The number of nitrogens with zero attached hydrogens (tertiary/aromatic N) is 2. The Labute approximate surface area is 116 Å². The first-order valence-corrected chi connectivity index (χ1v) is 7.07. The number of hydrogen-bond acceptors (Lipinski definition) is 3. The van der Waals surface area contributed by atoms with Gasteiger partial charge in [0.15, 0.2) is 0 Å². The van der Waals surface area contributed by atoms with E-state index in [1.165, 1.54) is 18.4 Å². The van der Waals surface area contributed by atoms with E-state index >= 15 is 0 Å². The molecule has 0 aromatic heterocycles. The first-order valence-electron chi connectivity index (χ1n) is 7.07. The van der Waals surface area contributed by atoms with Crippen molar-refractivity contribution in [1.29, 1.82) is 5.26 Å². The van der Waals surface area contributed by atoms with Crippen molar-refractivity contribution in [2.24, 2.45) is 5.92 Å². The summed E-state index contributed by atoms with van der Waals surface area (Å²) >= 11 is 0. The second-order valence-electron chi connectivity index (χ2n) is 5.82. The third-order valence-corrected chi connectivity index (χ3v) is 3.54. The first kappa shape index (κ1) is 13.9. The molecule has 3 nitrogen and oxygen atoms in total. The number of rotatable bonds is 6. The largest absolute Gasteiger partial charge is 0.373 e. The Bertz CT molecular complexity index is 469. The topological polar surface area (TPSA) is 39.1 Å². The number of hydrogen-bond donors (Lipinski definition) is 1. The molecule has 102 valence electrons. The molecule has 0 atom stereocenters. The van der Waals surface area contributed by atoms with Crippen molar-refractivity contribution in [1.82, 2.24) is 5.32 Å². The Balaban J connectivity index is 2.09. The summed E-state index contributed by atoms with van der Waals surface area (Å²) in [6.45, 7) is 6.14. The van der Waals surface area contributed by atoms with E-state index in [4.69, 9.17) is 0 Å². The molecule has 1 aromatic carbocycles. The van der Waals surface area contributed by atoms with Crippen molar-refractivity contribution in [3.05, 3.63) is 29.3 Å². The fourth-order valence-corrected chi connectivity index (χ4v) is 2.22. The van der Waals surface area contributed by atoms with Crippen molar-refractivity contribution in [2.75, 3.05) is 18.5 Å². The number of benzene rings is 1. The van der Waals surface area contributed by atoms with Crippen LogP contribution in [0.2, 0.25) is 0 Å². The number of nitrogens with one attached hydrogen (secondary N) is 1. The maximum atomic E-state index is 9.32. The van der Waals surface area contributed by atoms with Gasteiger partial charge in [-0.1, -0.05) is 19.9 Å². The predicted octanol–water partition coefficient (Wildman–Crippen LogP) is 2.90. The molecule has 19 heavy (non-hydrogen) atoms. The van der Waals surface area contributed by atoms with Gasteiger partial charge in [-0.2, -0.15) is 5.26 Å². The van der Waals surface area contributed by atoms with Crippen LogP contribution in [0.5, 0.6) is 0 Å². The van der Waals surface area contributed by atoms with Gasteiger partial charge in [0, 0.05) is 26.2 Å². The van der Waals surface area contributed by atoms with Crippen LogP contribution in [0.3, 0.4) is 0 Å². The zero-order valence-electron chi connectivity index (χ0n) is 12.1. The Hall–Kier alpha value is -1.53. The maximum Gasteiger partial charge on any atom is 0.101 e. The lowest BCUT2D eigenvalue weighted by atomic mass is 10.1. The Kier molecular flexibility index (Phi) is 4.44. The molecule has 0 spiro atoms. The Morgan fingerprint density at radius 2 is 2.16 bits per heavy atom. The van der Waals surface area contributed by atoms with Gasteiger partial charge in [0.25, 0.3) is 0 Å². The van der Waals surface area contributed by atoms with Gasteiger partial charge in [-0.25, -0.2) is 0 Å². The molecule has 0 aliphatic heterocycles. The molecule has 2 rings (SSSR count). The second-order valence-corrected chi connectivity index (χ2v) is 5.82. The molecule has 1 aromatic rings. The fourth-order valence-electron chi connectivity index (χ4n) is 2.22. The van der Waals surface area contributed by atoms with Crippen LogP contribution < -0.4 is 10.2 Å². The van der Waals surface area contributed by atoms with Crippen LogP contribution in [0.4, 0.5) is 5.69 Å². The minimum absolute atomic E-state index is 0.461. The summed E-state index contributed by atoms with van der Waals surface area (Å²) < 4.78 is 0. The van der Waals surface area contributed by atoms with Gasteiger partial charge in [-0.15, -0.1) is 0 Å². The zero-order chi connectivity index (χ0) is 13.8. The molecule has 3 heteroatoms. The van der Waals surface area contributed by atoms with Gasteiger partial charge in [0.05, 0.1) is 11.3 Å². The van der Waals surface area contributed by atoms with Crippen LogP contribution in [-0.4, -0.2) is 19.6 Å². The summed E-state index contributed by atoms with van der Waals surface area (Å²) in [4.78, 5) is 2.22. The van der Waals surface area contributed by atoms with Gasteiger partial charge in [0.1, 0.15) is 6.07 Å². The molecule has 1 aliphatic rings. The van der Waals surface area contributed by atoms with Gasteiger partial charge in [-0.05, 0) is 36.5 Å². The Morgan fingerprint density at radius 1 is 1.42 bits per heavy atom. The van der Waals surface area contributed by atoms with Crippen LogP contribution in [0, 0.1) is 17.2 Å². The maximum absolute atomic E-state index is 9.32. The molecule has 1 aliphatic carbocycles. The summed E-state index contributed by atoms with van der Waals surface area (Å²) in [6.07, 6.45) is 2.67. The van der Waals surface area contributed by atoms with E-state index in [1.807, 2.05) is 6.07 Å². The minimum atomic E-state index is 0.461. The first-order chi connectivity index (χ1) is 9.10. The van der Waals surface area contributed by atoms with E-state index < -0.39 is 0 Å². The SMILES string of the molecule is CC(C)NCc1ccc(N(C)CC2CC2)c(C#N)c1. The molecule has 0 saturated heterocycles. The van der Waals surface area contributed by atoms with Crippen LogP contribution in [0.15, 0.2) is 18.2 Å². The predicted molar refractivity (Wildman–Crippen MR) is 79.1 cm³/mol. The number of nitriles is 1. The van der Waals surface area contributed by atoms with E-state index in [2.05, 4.69) is 49.3 Å². The smallest absolute Gasteiger partial charge is 0.101 e. The molecule has 1 saturated carbocycles. The van der Waals surface area contributed by atoms with Crippen molar-refractivity contribution >= 4 is 5.69 Å². The second kappa shape index (κ2) is 6.08. The summed E-state index contributed by atoms with van der Waals surface area (Å²) in [5.41, 5.74) is 3.02. The highest BCUT2D eigenvalue weighted by Crippen LogP contribution is 2.31. The minimum Gasteiger partial charge on any atom is -0.373 e. The van der Waals surface area contributed by atoms with Gasteiger partial charge >= 0.3 is 0 Å². The lowest BCUT2D eigenvalue weighted by molar-refractivity contribution is 0.589. The highest BCUT2D eigenvalue weighted by atomic mass is 15.1. The quantitative estimate of drug-likeness (QED) is 0.851. The van der Waals surface area contributed by atoms with Crippen molar-refractivity contribution < 1.29 is 0 Å². The van der Waals surface area contributed by atoms with E-state index in [1.54, 1.807) is 0 Å². The molecule has 0 amide bonds. The highest BCUT2D eigenvalue weighted by molar-refractivity contribution is 5.60.